The van der Waals surface area contributed by atoms with Crippen LogP contribution in [0.5, 0.6) is 0 Å². The molecule has 5 rings (SSSR count). The molecule has 2 aliphatic rings. The van der Waals surface area contributed by atoms with Gasteiger partial charge in [0.2, 0.25) is 5.65 Å². The van der Waals surface area contributed by atoms with E-state index in [0.717, 1.165) is 55.2 Å². The van der Waals surface area contributed by atoms with E-state index in [1.54, 1.807) is 12.4 Å². The van der Waals surface area contributed by atoms with Crippen molar-refractivity contribution in [3.63, 3.8) is 0 Å². The average Bonchev–Trinajstić information content (AvgIpc) is 3.46. The van der Waals surface area contributed by atoms with Crippen LogP contribution in [0.15, 0.2) is 36.7 Å². The summed E-state index contributed by atoms with van der Waals surface area (Å²) in [6.07, 6.45) is 5.16. The minimum atomic E-state index is -0.119. The normalized spacial score (nSPS) is 18.8. The third-order valence-electron chi connectivity index (χ3n) is 5.54. The summed E-state index contributed by atoms with van der Waals surface area (Å²) >= 11 is 0. The summed E-state index contributed by atoms with van der Waals surface area (Å²) in [4.78, 5) is 4.72. The van der Waals surface area contributed by atoms with Crippen molar-refractivity contribution in [3.05, 3.63) is 53.7 Å². The summed E-state index contributed by atoms with van der Waals surface area (Å²) in [5.74, 6) is 0.465. The van der Waals surface area contributed by atoms with Gasteiger partial charge in [-0.3, -0.25) is 4.90 Å². The number of halogens is 1. The molecule has 0 spiro atoms. The Morgan fingerprint density at radius 3 is 2.81 bits per heavy atom. The Balaban J connectivity index is 1.36. The lowest BCUT2D eigenvalue weighted by Gasteiger charge is -2.24. The molecule has 1 aliphatic heterocycles. The molecule has 140 valence electrons. The first-order chi connectivity index (χ1) is 13.3. The van der Waals surface area contributed by atoms with Gasteiger partial charge in [-0.15, -0.1) is 10.2 Å². The predicted molar refractivity (Wildman–Crippen MR) is 101 cm³/mol. The maximum absolute atomic E-state index is 14.0. The zero-order chi connectivity index (χ0) is 18.2. The Bertz CT molecular complexity index is 951. The fourth-order valence-electron chi connectivity index (χ4n) is 3.88. The standard InChI is InChI=1S/C20H23FN6/c21-17-5-2-1-4-16(17)13-25-8-3-9-26(11-10-25)19-12-18(15-6-7-15)24-27-14-22-23-20(19)27/h1-2,4-5,12,14-15H,3,6-11,13H2. The molecule has 0 bridgehead atoms. The lowest BCUT2D eigenvalue weighted by Crippen LogP contribution is -2.31. The summed E-state index contributed by atoms with van der Waals surface area (Å²) < 4.78 is 15.8. The fourth-order valence-corrected chi connectivity index (χ4v) is 3.88. The van der Waals surface area contributed by atoms with E-state index in [4.69, 9.17) is 0 Å². The highest BCUT2D eigenvalue weighted by Gasteiger charge is 2.28. The Labute approximate surface area is 157 Å². The monoisotopic (exact) mass is 366 g/mol. The maximum atomic E-state index is 14.0. The van der Waals surface area contributed by atoms with E-state index < -0.39 is 0 Å². The molecule has 0 atom stereocenters. The number of hydrogen-bond donors (Lipinski definition) is 0. The van der Waals surface area contributed by atoms with E-state index in [0.29, 0.717) is 12.5 Å². The van der Waals surface area contributed by atoms with E-state index in [1.807, 2.05) is 16.6 Å². The van der Waals surface area contributed by atoms with Crippen LogP contribution in [-0.2, 0) is 6.54 Å². The first-order valence-corrected chi connectivity index (χ1v) is 9.69. The van der Waals surface area contributed by atoms with Crippen molar-refractivity contribution >= 4 is 11.3 Å². The molecule has 3 heterocycles. The van der Waals surface area contributed by atoms with Crippen LogP contribution < -0.4 is 4.90 Å². The summed E-state index contributed by atoms with van der Waals surface area (Å²) in [5, 5.41) is 13.0. The van der Waals surface area contributed by atoms with Crippen LogP contribution in [0.1, 0.15) is 36.4 Å². The smallest absolute Gasteiger partial charge is 0.200 e. The number of benzene rings is 1. The van der Waals surface area contributed by atoms with Gasteiger partial charge in [-0.1, -0.05) is 18.2 Å². The van der Waals surface area contributed by atoms with Gasteiger partial charge in [-0.05, 0) is 31.4 Å². The van der Waals surface area contributed by atoms with E-state index in [-0.39, 0.29) is 5.82 Å². The molecule has 1 saturated carbocycles. The first-order valence-electron chi connectivity index (χ1n) is 9.69. The average molecular weight is 366 g/mol. The van der Waals surface area contributed by atoms with Gasteiger partial charge in [0.05, 0.1) is 11.4 Å². The Morgan fingerprint density at radius 1 is 1.07 bits per heavy atom. The van der Waals surface area contributed by atoms with Gasteiger partial charge in [0.1, 0.15) is 12.1 Å². The molecule has 2 aromatic heterocycles. The molecule has 6 nitrogen and oxygen atoms in total. The van der Waals surface area contributed by atoms with Crippen LogP contribution in [0.4, 0.5) is 10.1 Å². The molecular weight excluding hydrogens is 343 g/mol. The molecule has 1 aromatic carbocycles. The van der Waals surface area contributed by atoms with Crippen LogP contribution >= 0.6 is 0 Å². The Kier molecular flexibility index (Phi) is 4.24. The third-order valence-corrected chi connectivity index (χ3v) is 5.54. The zero-order valence-corrected chi connectivity index (χ0v) is 15.3. The van der Waals surface area contributed by atoms with Crippen LogP contribution in [0.3, 0.4) is 0 Å². The molecule has 2 fully saturated rings. The van der Waals surface area contributed by atoms with Crippen molar-refractivity contribution < 1.29 is 4.39 Å². The number of anilines is 1. The second-order valence-electron chi connectivity index (χ2n) is 7.54. The van der Waals surface area contributed by atoms with Crippen molar-refractivity contribution in [1.29, 1.82) is 0 Å². The molecule has 27 heavy (non-hydrogen) atoms. The van der Waals surface area contributed by atoms with E-state index in [9.17, 15) is 4.39 Å². The zero-order valence-electron chi connectivity index (χ0n) is 15.3. The predicted octanol–water partition coefficient (Wildman–Crippen LogP) is 2.85. The molecule has 0 N–H and O–H groups in total. The minimum absolute atomic E-state index is 0.119. The highest BCUT2D eigenvalue weighted by molar-refractivity contribution is 5.68. The Hall–Kier alpha value is -2.54. The number of hydrogen-bond acceptors (Lipinski definition) is 5. The van der Waals surface area contributed by atoms with Crippen molar-refractivity contribution in [1.82, 2.24) is 24.7 Å². The molecule has 0 amide bonds. The Morgan fingerprint density at radius 2 is 1.96 bits per heavy atom. The summed E-state index contributed by atoms with van der Waals surface area (Å²) in [6, 6.07) is 9.27. The quantitative estimate of drug-likeness (QED) is 0.711. The van der Waals surface area contributed by atoms with Crippen LogP contribution in [0.25, 0.3) is 5.65 Å². The molecule has 1 saturated heterocycles. The van der Waals surface area contributed by atoms with E-state index in [2.05, 4.69) is 31.2 Å². The van der Waals surface area contributed by atoms with Crippen molar-refractivity contribution in [2.24, 2.45) is 0 Å². The molecule has 1 aliphatic carbocycles. The number of nitrogens with zero attached hydrogens (tertiary/aromatic N) is 6. The van der Waals surface area contributed by atoms with Crippen molar-refractivity contribution in [2.45, 2.75) is 31.7 Å². The third kappa shape index (κ3) is 3.39. The maximum Gasteiger partial charge on any atom is 0.200 e. The van der Waals surface area contributed by atoms with Crippen molar-refractivity contribution in [2.75, 3.05) is 31.1 Å². The summed E-state index contributed by atoms with van der Waals surface area (Å²) in [5.41, 5.74) is 3.86. The van der Waals surface area contributed by atoms with Crippen LogP contribution in [0.2, 0.25) is 0 Å². The summed E-state index contributed by atoms with van der Waals surface area (Å²) in [7, 11) is 0. The number of rotatable bonds is 4. The van der Waals surface area contributed by atoms with Crippen molar-refractivity contribution in [3.8, 4) is 0 Å². The van der Waals surface area contributed by atoms with Gasteiger partial charge >= 0.3 is 0 Å². The minimum Gasteiger partial charge on any atom is -0.367 e. The first kappa shape index (κ1) is 16.6. The van der Waals surface area contributed by atoms with E-state index in [1.165, 1.54) is 18.9 Å². The molecule has 0 unspecified atom stereocenters. The largest absolute Gasteiger partial charge is 0.367 e. The van der Waals surface area contributed by atoms with Gasteiger partial charge in [-0.25, -0.2) is 4.39 Å². The topological polar surface area (TPSA) is 49.6 Å². The van der Waals surface area contributed by atoms with Gasteiger partial charge < -0.3 is 4.90 Å². The van der Waals surface area contributed by atoms with Gasteiger partial charge in [0, 0.05) is 44.2 Å². The second kappa shape index (κ2) is 6.88. The highest BCUT2D eigenvalue weighted by atomic mass is 19.1. The fraction of sp³-hybridized carbons (Fsp3) is 0.450. The molecule has 7 heteroatoms. The summed E-state index contributed by atoms with van der Waals surface area (Å²) in [6.45, 7) is 4.38. The van der Waals surface area contributed by atoms with Gasteiger partial charge in [0.15, 0.2) is 0 Å². The highest BCUT2D eigenvalue weighted by Crippen LogP contribution is 2.40. The molecular formula is C20H23FN6. The van der Waals surface area contributed by atoms with Gasteiger partial charge in [-0.2, -0.15) is 9.61 Å². The van der Waals surface area contributed by atoms with Crippen LogP contribution in [0, 0.1) is 5.82 Å². The number of aromatic nitrogens is 4. The molecule has 3 aromatic rings. The number of fused-ring (bicyclic) bond motifs is 1. The SMILES string of the molecule is Fc1ccccc1CN1CCCN(c2cc(C3CC3)nn3cnnc23)CC1. The second-order valence-corrected chi connectivity index (χ2v) is 7.54. The lowest BCUT2D eigenvalue weighted by atomic mass is 10.2. The van der Waals surface area contributed by atoms with Gasteiger partial charge in [0.25, 0.3) is 0 Å². The van der Waals surface area contributed by atoms with E-state index >= 15 is 0 Å². The lowest BCUT2D eigenvalue weighted by molar-refractivity contribution is 0.281. The van der Waals surface area contributed by atoms with Crippen LogP contribution in [-0.4, -0.2) is 50.9 Å². The molecule has 0 radical (unpaired) electrons.